The molecule has 1 aliphatic heterocycles. The van der Waals surface area contributed by atoms with Gasteiger partial charge in [0.1, 0.15) is 0 Å². The van der Waals surface area contributed by atoms with Crippen LogP contribution >= 0.6 is 0 Å². The molecular weight excluding hydrogens is 238 g/mol. The maximum atomic E-state index is 11.5. The number of benzene rings is 1. The van der Waals surface area contributed by atoms with Crippen LogP contribution in [0.15, 0.2) is 30.3 Å². The number of carbonyl (C=O) groups excluding carboxylic acids is 4. The molecule has 0 aliphatic carbocycles. The maximum Gasteiger partial charge on any atom is 0.431 e. The summed E-state index contributed by atoms with van der Waals surface area (Å²) in [4.78, 5) is 45.9. The van der Waals surface area contributed by atoms with Gasteiger partial charge >= 0.3 is 12.1 Å². The first-order valence-electron chi connectivity index (χ1n) is 5.26. The van der Waals surface area contributed by atoms with Gasteiger partial charge in [0.15, 0.2) is 0 Å². The van der Waals surface area contributed by atoms with Crippen LogP contribution in [0.2, 0.25) is 0 Å². The molecule has 0 atom stereocenters. The molecule has 2 rings (SSSR count). The number of amides is 3. The predicted molar refractivity (Wildman–Crippen MR) is 58.3 cm³/mol. The summed E-state index contributed by atoms with van der Waals surface area (Å²) >= 11 is 0. The van der Waals surface area contributed by atoms with E-state index in [4.69, 9.17) is 0 Å². The van der Waals surface area contributed by atoms with Crippen LogP contribution < -0.4 is 0 Å². The Morgan fingerprint density at radius 2 is 1.56 bits per heavy atom. The van der Waals surface area contributed by atoms with Crippen molar-refractivity contribution in [2.45, 2.75) is 12.8 Å². The molecule has 1 aromatic rings. The van der Waals surface area contributed by atoms with Crippen molar-refractivity contribution >= 4 is 23.9 Å². The number of esters is 1. The number of hydrogen-bond donors (Lipinski definition) is 0. The van der Waals surface area contributed by atoms with Crippen LogP contribution in [0.3, 0.4) is 0 Å². The van der Waals surface area contributed by atoms with Gasteiger partial charge in [0.25, 0.3) is 0 Å². The van der Waals surface area contributed by atoms with Crippen LogP contribution in [0.4, 0.5) is 4.79 Å². The fourth-order valence-electron chi connectivity index (χ4n) is 1.54. The summed E-state index contributed by atoms with van der Waals surface area (Å²) in [6, 6.07) is 7.83. The summed E-state index contributed by atoms with van der Waals surface area (Å²) in [7, 11) is 0. The third-order valence-corrected chi connectivity index (χ3v) is 2.42. The van der Waals surface area contributed by atoms with Crippen molar-refractivity contribution in [1.29, 1.82) is 0 Å². The normalized spacial score (nSPS) is 14.8. The van der Waals surface area contributed by atoms with Gasteiger partial charge in [-0.15, -0.1) is 0 Å². The monoisotopic (exact) mass is 247 g/mol. The molecule has 18 heavy (non-hydrogen) atoms. The summed E-state index contributed by atoms with van der Waals surface area (Å²) in [6.45, 7) is 0. The molecule has 3 amide bonds. The number of likely N-dealkylation sites (tertiary alicyclic amines) is 1. The summed E-state index contributed by atoms with van der Waals surface area (Å²) in [5.41, 5.74) is 0.171. The van der Waals surface area contributed by atoms with Gasteiger partial charge in [-0.05, 0) is 12.1 Å². The van der Waals surface area contributed by atoms with E-state index in [-0.39, 0.29) is 18.4 Å². The van der Waals surface area contributed by atoms with Gasteiger partial charge in [0.2, 0.25) is 11.8 Å². The number of ether oxygens (including phenoxy) is 1. The molecule has 0 radical (unpaired) electrons. The molecule has 6 nitrogen and oxygen atoms in total. The highest BCUT2D eigenvalue weighted by Crippen LogP contribution is 2.14. The third-order valence-electron chi connectivity index (χ3n) is 2.42. The van der Waals surface area contributed by atoms with Gasteiger partial charge in [-0.2, -0.15) is 4.90 Å². The van der Waals surface area contributed by atoms with Crippen molar-refractivity contribution in [3.05, 3.63) is 35.9 Å². The van der Waals surface area contributed by atoms with Crippen molar-refractivity contribution in [1.82, 2.24) is 4.90 Å². The van der Waals surface area contributed by atoms with Crippen molar-refractivity contribution in [3.8, 4) is 0 Å². The van der Waals surface area contributed by atoms with E-state index in [2.05, 4.69) is 4.74 Å². The fourth-order valence-corrected chi connectivity index (χ4v) is 1.54. The lowest BCUT2D eigenvalue weighted by molar-refractivity contribution is -0.135. The zero-order chi connectivity index (χ0) is 13.1. The maximum absolute atomic E-state index is 11.5. The highest BCUT2D eigenvalue weighted by Gasteiger charge is 2.36. The SMILES string of the molecule is O=C(OC(=O)N1C(=O)CCC1=O)c1ccccc1. The highest BCUT2D eigenvalue weighted by molar-refractivity contribution is 6.15. The largest absolute Gasteiger partial charge is 0.431 e. The molecule has 92 valence electrons. The molecule has 1 heterocycles. The van der Waals surface area contributed by atoms with Crippen molar-refractivity contribution < 1.29 is 23.9 Å². The Labute approximate surface area is 102 Å². The van der Waals surface area contributed by atoms with E-state index in [1.165, 1.54) is 12.1 Å². The lowest BCUT2D eigenvalue weighted by atomic mass is 10.2. The molecular formula is C12H9NO5. The van der Waals surface area contributed by atoms with Crippen molar-refractivity contribution in [2.24, 2.45) is 0 Å². The molecule has 1 fully saturated rings. The molecule has 0 unspecified atom stereocenters. The topological polar surface area (TPSA) is 80.8 Å². The highest BCUT2D eigenvalue weighted by atomic mass is 16.6. The average molecular weight is 247 g/mol. The summed E-state index contributed by atoms with van der Waals surface area (Å²) in [6.07, 6.45) is -1.31. The molecule has 6 heteroatoms. The minimum absolute atomic E-state index is 0.0343. The molecule has 0 saturated carbocycles. The number of nitrogens with zero attached hydrogens (tertiary/aromatic N) is 1. The first-order chi connectivity index (χ1) is 8.59. The van der Waals surface area contributed by atoms with Crippen LogP contribution in [0, 0.1) is 0 Å². The molecule has 0 N–H and O–H groups in total. The van der Waals surface area contributed by atoms with E-state index < -0.39 is 23.9 Å². The van der Waals surface area contributed by atoms with Crippen LogP contribution in [-0.4, -0.2) is 28.8 Å². The zero-order valence-corrected chi connectivity index (χ0v) is 9.29. The van der Waals surface area contributed by atoms with Gasteiger partial charge in [-0.3, -0.25) is 9.59 Å². The second kappa shape index (κ2) is 4.79. The molecule has 0 spiro atoms. The molecule has 1 aliphatic rings. The van der Waals surface area contributed by atoms with Crippen LogP contribution in [0.25, 0.3) is 0 Å². The molecule has 1 aromatic carbocycles. The van der Waals surface area contributed by atoms with E-state index >= 15 is 0 Å². The van der Waals surface area contributed by atoms with Crippen LogP contribution in [-0.2, 0) is 14.3 Å². The summed E-state index contributed by atoms with van der Waals surface area (Å²) < 4.78 is 4.47. The Bertz CT molecular complexity index is 507. The Balaban J connectivity index is 2.06. The van der Waals surface area contributed by atoms with E-state index in [0.29, 0.717) is 4.90 Å². The number of rotatable bonds is 1. The second-order valence-corrected chi connectivity index (χ2v) is 3.64. The van der Waals surface area contributed by atoms with Gasteiger partial charge in [0, 0.05) is 12.8 Å². The van der Waals surface area contributed by atoms with Crippen LogP contribution in [0.5, 0.6) is 0 Å². The number of imide groups is 3. The van der Waals surface area contributed by atoms with Crippen molar-refractivity contribution in [2.75, 3.05) is 0 Å². The summed E-state index contributed by atoms with van der Waals surface area (Å²) in [5.74, 6) is -2.19. The number of hydrogen-bond acceptors (Lipinski definition) is 5. The Morgan fingerprint density at radius 1 is 1.00 bits per heavy atom. The summed E-state index contributed by atoms with van der Waals surface area (Å²) in [5, 5.41) is 0. The number of carbonyl (C=O) groups is 4. The first kappa shape index (κ1) is 12.0. The molecule has 0 bridgehead atoms. The minimum Gasteiger partial charge on any atom is -0.372 e. The fraction of sp³-hybridized carbons (Fsp3) is 0.167. The lowest BCUT2D eigenvalue weighted by Gasteiger charge is -2.10. The quantitative estimate of drug-likeness (QED) is 0.422. The van der Waals surface area contributed by atoms with Gasteiger partial charge in [-0.25, -0.2) is 9.59 Å². The molecule has 0 aromatic heterocycles. The lowest BCUT2D eigenvalue weighted by Crippen LogP contribution is -2.37. The van der Waals surface area contributed by atoms with Crippen LogP contribution in [0.1, 0.15) is 23.2 Å². The van der Waals surface area contributed by atoms with E-state index in [9.17, 15) is 19.2 Å². The first-order valence-corrected chi connectivity index (χ1v) is 5.26. The van der Waals surface area contributed by atoms with E-state index in [1.807, 2.05) is 0 Å². The average Bonchev–Trinajstić information content (AvgIpc) is 2.70. The zero-order valence-electron chi connectivity index (χ0n) is 9.29. The third kappa shape index (κ3) is 2.27. The van der Waals surface area contributed by atoms with Gasteiger partial charge < -0.3 is 4.74 Å². The molecule has 1 saturated heterocycles. The minimum atomic E-state index is -1.24. The smallest absolute Gasteiger partial charge is 0.372 e. The predicted octanol–water partition coefficient (Wildman–Crippen LogP) is 1.11. The van der Waals surface area contributed by atoms with Gasteiger partial charge in [-0.1, -0.05) is 18.2 Å². The Morgan fingerprint density at radius 3 is 2.11 bits per heavy atom. The van der Waals surface area contributed by atoms with E-state index in [0.717, 1.165) is 0 Å². The second-order valence-electron chi connectivity index (χ2n) is 3.64. The van der Waals surface area contributed by atoms with Crippen molar-refractivity contribution in [3.63, 3.8) is 0 Å². The Hall–Kier alpha value is -2.50. The Kier molecular flexibility index (Phi) is 3.18. The van der Waals surface area contributed by atoms with Gasteiger partial charge in [0.05, 0.1) is 5.56 Å². The standard InChI is InChI=1S/C12H9NO5/c14-9-6-7-10(15)13(9)12(17)18-11(16)8-4-2-1-3-5-8/h1-5H,6-7H2. The van der Waals surface area contributed by atoms with E-state index in [1.54, 1.807) is 18.2 Å².